The zero-order chi connectivity index (χ0) is 28.2. The molecule has 2 unspecified atom stereocenters. The van der Waals surface area contributed by atoms with Gasteiger partial charge in [0.25, 0.3) is 0 Å². The van der Waals surface area contributed by atoms with Crippen molar-refractivity contribution in [3.05, 3.63) is 41.5 Å². The minimum Gasteiger partial charge on any atom is -0.508 e. The van der Waals surface area contributed by atoms with E-state index in [2.05, 4.69) is 13.8 Å². The summed E-state index contributed by atoms with van der Waals surface area (Å²) in [6.07, 6.45) is 9.10. The molecule has 0 spiro atoms. The minimum atomic E-state index is -0.808. The molecule has 8 nitrogen and oxygen atoms in total. The van der Waals surface area contributed by atoms with Crippen LogP contribution in [0.25, 0.3) is 0 Å². The molecule has 2 atom stereocenters. The molecule has 0 radical (unpaired) electrons. The Kier molecular flexibility index (Phi) is 11.8. The van der Waals surface area contributed by atoms with E-state index in [4.69, 9.17) is 14.2 Å². The van der Waals surface area contributed by atoms with Gasteiger partial charge in [-0.25, -0.2) is 0 Å². The Labute approximate surface area is 230 Å². The summed E-state index contributed by atoms with van der Waals surface area (Å²) in [5.74, 6) is -1.02. The third-order valence-corrected chi connectivity index (χ3v) is 6.95. The van der Waals surface area contributed by atoms with Gasteiger partial charge in [-0.2, -0.15) is 0 Å². The molecule has 1 aliphatic heterocycles. The quantitative estimate of drug-likeness (QED) is 0.0950. The van der Waals surface area contributed by atoms with E-state index in [0.29, 0.717) is 16.9 Å². The molecule has 0 aliphatic carbocycles. The molecule has 0 saturated heterocycles. The predicted molar refractivity (Wildman–Crippen MR) is 147 cm³/mol. The predicted octanol–water partition coefficient (Wildman–Crippen LogP) is 7.02. The van der Waals surface area contributed by atoms with Gasteiger partial charge in [0.2, 0.25) is 0 Å². The van der Waals surface area contributed by atoms with Crippen LogP contribution in [0.15, 0.2) is 30.3 Å². The molecule has 0 aromatic heterocycles. The minimum absolute atomic E-state index is 0.130. The summed E-state index contributed by atoms with van der Waals surface area (Å²) in [5, 5.41) is 30.2. The topological polar surface area (TPSA) is 123 Å². The Morgan fingerprint density at radius 3 is 2.10 bits per heavy atom. The summed E-state index contributed by atoms with van der Waals surface area (Å²) in [6.45, 7) is 4.27. The molecule has 8 heteroatoms. The molecule has 0 amide bonds. The smallest absolute Gasteiger partial charge is 0.311 e. The largest absolute Gasteiger partial charge is 0.508 e. The van der Waals surface area contributed by atoms with E-state index in [-0.39, 0.29) is 48.2 Å². The number of aromatic hydroxyl groups is 3. The van der Waals surface area contributed by atoms with Crippen LogP contribution in [-0.4, -0.2) is 33.4 Å². The molecular weight excluding hydrogens is 500 g/mol. The highest BCUT2D eigenvalue weighted by Crippen LogP contribution is 2.44. The van der Waals surface area contributed by atoms with E-state index in [0.717, 1.165) is 64.2 Å². The van der Waals surface area contributed by atoms with Crippen LogP contribution < -0.4 is 9.47 Å². The van der Waals surface area contributed by atoms with Gasteiger partial charge in [-0.15, -0.1) is 0 Å². The van der Waals surface area contributed by atoms with Crippen LogP contribution in [0.1, 0.15) is 108 Å². The number of esters is 2. The lowest BCUT2D eigenvalue weighted by Gasteiger charge is -2.34. The molecule has 0 saturated carbocycles. The van der Waals surface area contributed by atoms with Crippen molar-refractivity contribution in [3.8, 4) is 28.7 Å². The van der Waals surface area contributed by atoms with Crippen LogP contribution in [0.4, 0.5) is 0 Å². The van der Waals surface area contributed by atoms with Crippen LogP contribution in [0, 0.1) is 0 Å². The van der Waals surface area contributed by atoms with E-state index >= 15 is 0 Å². The summed E-state index contributed by atoms with van der Waals surface area (Å²) in [6, 6.07) is 7.08. The summed E-state index contributed by atoms with van der Waals surface area (Å²) in [7, 11) is 0. The van der Waals surface area contributed by atoms with E-state index in [1.54, 1.807) is 6.07 Å². The molecule has 2 aromatic carbocycles. The van der Waals surface area contributed by atoms with Crippen LogP contribution in [0.5, 0.6) is 28.7 Å². The molecule has 3 N–H and O–H groups in total. The standard InChI is InChI=1S/C31H42O8/c1-3-5-7-9-11-13-29(35)37-26-18-22(32)19-27-23(26)20-28(38-30(36)14-12-10-8-6-4-2)31(39-27)21-15-16-24(33)25(34)17-21/h15-19,28,31-34H,3-14,20H2,1-2H3. The average molecular weight is 543 g/mol. The lowest BCUT2D eigenvalue weighted by atomic mass is 9.93. The van der Waals surface area contributed by atoms with E-state index in [9.17, 15) is 24.9 Å². The number of benzene rings is 2. The van der Waals surface area contributed by atoms with Crippen LogP contribution >= 0.6 is 0 Å². The normalized spacial score (nSPS) is 16.3. The lowest BCUT2D eigenvalue weighted by Crippen LogP contribution is -2.35. The molecule has 3 rings (SSSR count). The number of phenols is 3. The van der Waals surface area contributed by atoms with Gasteiger partial charge in [0.1, 0.15) is 23.4 Å². The number of carbonyl (C=O) groups is 2. The number of fused-ring (bicyclic) bond motifs is 1. The lowest BCUT2D eigenvalue weighted by molar-refractivity contribution is -0.155. The number of unbranched alkanes of at least 4 members (excludes halogenated alkanes) is 8. The Hall–Kier alpha value is -3.42. The fraction of sp³-hybridized carbons (Fsp3) is 0.548. The van der Waals surface area contributed by atoms with Gasteiger partial charge < -0.3 is 29.5 Å². The highest BCUT2D eigenvalue weighted by atomic mass is 16.6. The van der Waals surface area contributed by atoms with Gasteiger partial charge >= 0.3 is 11.9 Å². The Morgan fingerprint density at radius 1 is 0.821 bits per heavy atom. The zero-order valence-electron chi connectivity index (χ0n) is 23.1. The molecule has 2 aromatic rings. The fourth-order valence-electron chi connectivity index (χ4n) is 4.78. The van der Waals surface area contributed by atoms with E-state index in [1.807, 2.05) is 0 Å². The first-order valence-corrected chi connectivity index (χ1v) is 14.3. The van der Waals surface area contributed by atoms with Gasteiger partial charge in [0.15, 0.2) is 17.6 Å². The van der Waals surface area contributed by atoms with Gasteiger partial charge in [-0.1, -0.05) is 71.3 Å². The fourth-order valence-corrected chi connectivity index (χ4v) is 4.78. The SMILES string of the molecule is CCCCCCCC(=O)Oc1cc(O)cc2c1CC(OC(=O)CCCCCCC)C(c1ccc(O)c(O)c1)O2. The highest BCUT2D eigenvalue weighted by molar-refractivity contribution is 5.74. The summed E-state index contributed by atoms with van der Waals surface area (Å²) in [4.78, 5) is 25.3. The zero-order valence-corrected chi connectivity index (χ0v) is 23.1. The van der Waals surface area contributed by atoms with Crippen molar-refractivity contribution in [1.29, 1.82) is 0 Å². The van der Waals surface area contributed by atoms with Gasteiger partial charge in [0.05, 0.1) is 0 Å². The van der Waals surface area contributed by atoms with Crippen molar-refractivity contribution in [2.45, 2.75) is 110 Å². The molecule has 1 heterocycles. The second kappa shape index (κ2) is 15.2. The van der Waals surface area contributed by atoms with Crippen molar-refractivity contribution in [2.75, 3.05) is 0 Å². The third-order valence-electron chi connectivity index (χ3n) is 6.95. The van der Waals surface area contributed by atoms with Crippen molar-refractivity contribution in [1.82, 2.24) is 0 Å². The highest BCUT2D eigenvalue weighted by Gasteiger charge is 2.37. The van der Waals surface area contributed by atoms with Gasteiger partial charge in [0, 0.05) is 42.5 Å². The summed E-state index contributed by atoms with van der Waals surface area (Å²) in [5.41, 5.74) is 1.01. The van der Waals surface area contributed by atoms with Crippen LogP contribution in [-0.2, 0) is 20.7 Å². The number of phenolic OH excluding ortho intramolecular Hbond substituents is 3. The van der Waals surface area contributed by atoms with E-state index in [1.165, 1.54) is 24.3 Å². The molecule has 39 heavy (non-hydrogen) atoms. The van der Waals surface area contributed by atoms with Crippen molar-refractivity contribution in [2.24, 2.45) is 0 Å². The van der Waals surface area contributed by atoms with Crippen molar-refractivity contribution in [3.63, 3.8) is 0 Å². The molecule has 0 fully saturated rings. The van der Waals surface area contributed by atoms with Gasteiger partial charge in [-0.05, 0) is 25.0 Å². The van der Waals surface area contributed by atoms with Gasteiger partial charge in [-0.3, -0.25) is 9.59 Å². The Balaban J connectivity index is 1.79. The number of rotatable bonds is 15. The van der Waals surface area contributed by atoms with E-state index < -0.39 is 18.2 Å². The molecular formula is C31H42O8. The maximum atomic E-state index is 12.8. The molecule has 0 bridgehead atoms. The number of carbonyl (C=O) groups excluding carboxylic acids is 2. The summed E-state index contributed by atoms with van der Waals surface area (Å²) >= 11 is 0. The first-order valence-electron chi connectivity index (χ1n) is 14.3. The average Bonchev–Trinajstić information content (AvgIpc) is 2.90. The molecule has 214 valence electrons. The van der Waals surface area contributed by atoms with Crippen LogP contribution in [0.2, 0.25) is 0 Å². The number of ether oxygens (including phenoxy) is 3. The first-order chi connectivity index (χ1) is 18.8. The maximum absolute atomic E-state index is 12.8. The maximum Gasteiger partial charge on any atom is 0.311 e. The summed E-state index contributed by atoms with van der Waals surface area (Å²) < 4.78 is 17.7. The van der Waals surface area contributed by atoms with Crippen LogP contribution in [0.3, 0.4) is 0 Å². The Morgan fingerprint density at radius 2 is 1.46 bits per heavy atom. The van der Waals surface area contributed by atoms with Crippen molar-refractivity contribution < 1.29 is 39.1 Å². The third kappa shape index (κ3) is 9.08. The first kappa shape index (κ1) is 30.1. The molecule has 1 aliphatic rings. The Bertz CT molecular complexity index is 1100. The monoisotopic (exact) mass is 542 g/mol. The second-order valence-electron chi connectivity index (χ2n) is 10.2. The van der Waals surface area contributed by atoms with Crippen molar-refractivity contribution >= 4 is 11.9 Å². The number of hydrogen-bond acceptors (Lipinski definition) is 8. The second-order valence-corrected chi connectivity index (χ2v) is 10.2. The number of hydrogen-bond donors (Lipinski definition) is 3.